The minimum atomic E-state index is 0.252. The van der Waals surface area contributed by atoms with Crippen molar-refractivity contribution < 1.29 is 9.84 Å². The highest BCUT2D eigenvalue weighted by molar-refractivity contribution is 5.27. The highest BCUT2D eigenvalue weighted by Gasteiger charge is 2.26. The number of aryl methyl sites for hydroxylation is 1. The van der Waals surface area contributed by atoms with Crippen LogP contribution in [0.5, 0.6) is 5.75 Å². The van der Waals surface area contributed by atoms with E-state index >= 15 is 0 Å². The quantitative estimate of drug-likeness (QED) is 0.681. The molecule has 1 fully saturated rings. The van der Waals surface area contributed by atoms with E-state index in [-0.39, 0.29) is 6.61 Å². The lowest BCUT2D eigenvalue weighted by Crippen LogP contribution is -2.53. The van der Waals surface area contributed by atoms with Crippen LogP contribution in [0.15, 0.2) is 54.6 Å². The molecule has 1 aliphatic rings. The number of aliphatic hydroxyl groups is 1. The van der Waals surface area contributed by atoms with Crippen molar-refractivity contribution in [3.05, 3.63) is 65.7 Å². The molecule has 28 heavy (non-hydrogen) atoms. The fraction of sp³-hybridized carbons (Fsp3) is 0.500. The van der Waals surface area contributed by atoms with Gasteiger partial charge in [0, 0.05) is 38.8 Å². The first kappa shape index (κ1) is 20.8. The van der Waals surface area contributed by atoms with Crippen molar-refractivity contribution in [2.75, 3.05) is 39.4 Å². The number of ether oxygens (including phenoxy) is 1. The maximum Gasteiger partial charge on any atom is 0.119 e. The summed E-state index contributed by atoms with van der Waals surface area (Å²) in [6, 6.07) is 19.6. The van der Waals surface area contributed by atoms with Crippen LogP contribution < -0.4 is 4.74 Å². The molecule has 0 unspecified atom stereocenters. The Labute approximate surface area is 169 Å². The summed E-state index contributed by atoms with van der Waals surface area (Å²) >= 11 is 0. The fourth-order valence-corrected chi connectivity index (χ4v) is 4.04. The Kier molecular flexibility index (Phi) is 8.34. The van der Waals surface area contributed by atoms with Crippen LogP contribution in [0.2, 0.25) is 0 Å². The van der Waals surface area contributed by atoms with Crippen molar-refractivity contribution in [1.82, 2.24) is 9.80 Å². The molecule has 4 nitrogen and oxygen atoms in total. The van der Waals surface area contributed by atoms with E-state index in [9.17, 15) is 5.11 Å². The third-order valence-electron chi connectivity index (χ3n) is 5.55. The number of piperazine rings is 1. The van der Waals surface area contributed by atoms with Crippen LogP contribution in [0.3, 0.4) is 0 Å². The molecule has 4 heteroatoms. The molecule has 1 N–H and O–H groups in total. The van der Waals surface area contributed by atoms with E-state index in [2.05, 4.69) is 64.4 Å². The van der Waals surface area contributed by atoms with Gasteiger partial charge in [-0.15, -0.1) is 0 Å². The molecule has 1 heterocycles. The van der Waals surface area contributed by atoms with Gasteiger partial charge in [0.25, 0.3) is 0 Å². The Morgan fingerprint density at radius 1 is 1.00 bits per heavy atom. The van der Waals surface area contributed by atoms with E-state index in [1.54, 1.807) is 0 Å². The average Bonchev–Trinajstić information content (AvgIpc) is 2.72. The van der Waals surface area contributed by atoms with Crippen LogP contribution in [-0.4, -0.2) is 60.3 Å². The standard InChI is InChI=1S/C24H34N2O2/c1-2-28-24-12-10-22(11-13-24)19-26-17-16-25(20-23(26)14-18-27)15-6-9-21-7-4-3-5-8-21/h3-5,7-8,10-13,23,27H,2,6,9,14-20H2,1H3/t23-/m1/s1. The summed E-state index contributed by atoms with van der Waals surface area (Å²) in [5, 5.41) is 9.55. The summed E-state index contributed by atoms with van der Waals surface area (Å²) in [6.45, 7) is 8.24. The molecule has 2 aromatic rings. The van der Waals surface area contributed by atoms with Crippen LogP contribution in [-0.2, 0) is 13.0 Å². The number of benzene rings is 2. The number of rotatable bonds is 10. The van der Waals surface area contributed by atoms with E-state index in [0.29, 0.717) is 12.6 Å². The highest BCUT2D eigenvalue weighted by atomic mass is 16.5. The Bertz CT molecular complexity index is 675. The van der Waals surface area contributed by atoms with E-state index in [1.807, 2.05) is 6.92 Å². The van der Waals surface area contributed by atoms with Crippen LogP contribution in [0, 0.1) is 0 Å². The minimum Gasteiger partial charge on any atom is -0.494 e. The van der Waals surface area contributed by atoms with Crippen LogP contribution >= 0.6 is 0 Å². The minimum absolute atomic E-state index is 0.252. The largest absolute Gasteiger partial charge is 0.494 e. The molecule has 1 aliphatic heterocycles. The number of hydrogen-bond donors (Lipinski definition) is 1. The molecule has 0 bridgehead atoms. The second-order valence-electron chi connectivity index (χ2n) is 7.60. The predicted octanol–water partition coefficient (Wildman–Crippen LogP) is 3.59. The van der Waals surface area contributed by atoms with Crippen LogP contribution in [0.1, 0.15) is 30.9 Å². The molecule has 1 saturated heterocycles. The molecule has 2 aromatic carbocycles. The van der Waals surface area contributed by atoms with Gasteiger partial charge in [0.2, 0.25) is 0 Å². The number of hydrogen-bond acceptors (Lipinski definition) is 4. The zero-order valence-corrected chi connectivity index (χ0v) is 17.1. The Morgan fingerprint density at radius 3 is 2.50 bits per heavy atom. The summed E-state index contributed by atoms with van der Waals surface area (Å²) in [5.41, 5.74) is 2.73. The second-order valence-corrected chi connectivity index (χ2v) is 7.60. The van der Waals surface area contributed by atoms with E-state index in [1.165, 1.54) is 17.5 Å². The van der Waals surface area contributed by atoms with E-state index in [4.69, 9.17) is 4.74 Å². The predicted molar refractivity (Wildman–Crippen MR) is 115 cm³/mol. The van der Waals surface area contributed by atoms with Gasteiger partial charge in [0.1, 0.15) is 5.75 Å². The summed E-state index contributed by atoms with van der Waals surface area (Å²) in [6.07, 6.45) is 3.17. The second kappa shape index (κ2) is 11.2. The number of aliphatic hydroxyl groups excluding tert-OH is 1. The Hall–Kier alpha value is -1.88. The van der Waals surface area contributed by atoms with Crippen molar-refractivity contribution >= 4 is 0 Å². The highest BCUT2D eigenvalue weighted by Crippen LogP contribution is 2.19. The smallest absolute Gasteiger partial charge is 0.119 e. The lowest BCUT2D eigenvalue weighted by atomic mass is 10.1. The summed E-state index contributed by atoms with van der Waals surface area (Å²) < 4.78 is 5.54. The lowest BCUT2D eigenvalue weighted by molar-refractivity contribution is 0.0533. The zero-order valence-electron chi connectivity index (χ0n) is 17.1. The molecule has 152 valence electrons. The first-order chi connectivity index (χ1) is 13.8. The molecule has 0 saturated carbocycles. The first-order valence-electron chi connectivity index (χ1n) is 10.6. The molecule has 0 aliphatic carbocycles. The van der Waals surface area contributed by atoms with Crippen LogP contribution in [0.4, 0.5) is 0 Å². The number of nitrogens with zero attached hydrogens (tertiary/aromatic N) is 2. The third-order valence-corrected chi connectivity index (χ3v) is 5.55. The van der Waals surface area contributed by atoms with Crippen LogP contribution in [0.25, 0.3) is 0 Å². The first-order valence-corrected chi connectivity index (χ1v) is 10.6. The molecular formula is C24H34N2O2. The third kappa shape index (κ3) is 6.33. The van der Waals surface area contributed by atoms with Crippen molar-refractivity contribution in [2.45, 2.75) is 38.8 Å². The molecular weight excluding hydrogens is 348 g/mol. The van der Waals surface area contributed by atoms with Gasteiger partial charge in [-0.1, -0.05) is 42.5 Å². The lowest BCUT2D eigenvalue weighted by Gasteiger charge is -2.41. The van der Waals surface area contributed by atoms with Gasteiger partial charge in [-0.25, -0.2) is 0 Å². The normalized spacial score (nSPS) is 18.3. The summed E-state index contributed by atoms with van der Waals surface area (Å²) in [7, 11) is 0. The Balaban J connectivity index is 1.49. The van der Waals surface area contributed by atoms with Gasteiger partial charge in [-0.05, 0) is 56.0 Å². The topological polar surface area (TPSA) is 35.9 Å². The van der Waals surface area contributed by atoms with Crippen molar-refractivity contribution in [3.63, 3.8) is 0 Å². The summed E-state index contributed by atoms with van der Waals surface area (Å²) in [4.78, 5) is 5.09. The average molecular weight is 383 g/mol. The zero-order chi connectivity index (χ0) is 19.6. The molecule has 0 radical (unpaired) electrons. The molecule has 3 rings (SSSR count). The Morgan fingerprint density at radius 2 is 1.79 bits per heavy atom. The van der Waals surface area contributed by atoms with Crippen molar-refractivity contribution in [2.24, 2.45) is 0 Å². The monoisotopic (exact) mass is 382 g/mol. The maximum absolute atomic E-state index is 9.55. The van der Waals surface area contributed by atoms with Gasteiger partial charge in [0.05, 0.1) is 6.61 Å². The fourth-order valence-electron chi connectivity index (χ4n) is 4.04. The van der Waals surface area contributed by atoms with E-state index in [0.717, 1.165) is 51.3 Å². The van der Waals surface area contributed by atoms with E-state index < -0.39 is 0 Å². The molecule has 1 atom stereocenters. The summed E-state index contributed by atoms with van der Waals surface area (Å²) in [5.74, 6) is 0.932. The maximum atomic E-state index is 9.55. The van der Waals surface area contributed by atoms with Crippen molar-refractivity contribution in [1.29, 1.82) is 0 Å². The van der Waals surface area contributed by atoms with Crippen molar-refractivity contribution in [3.8, 4) is 5.75 Å². The van der Waals surface area contributed by atoms with Gasteiger partial charge in [0.15, 0.2) is 0 Å². The molecule has 0 aromatic heterocycles. The molecule has 0 amide bonds. The van der Waals surface area contributed by atoms with Gasteiger partial charge >= 0.3 is 0 Å². The van der Waals surface area contributed by atoms with Gasteiger partial charge < -0.3 is 14.7 Å². The SMILES string of the molecule is CCOc1ccc(CN2CCN(CCCc3ccccc3)C[C@H]2CCO)cc1. The van der Waals surface area contributed by atoms with Gasteiger partial charge in [-0.3, -0.25) is 4.90 Å². The van der Waals surface area contributed by atoms with Gasteiger partial charge in [-0.2, -0.15) is 0 Å². The molecule has 0 spiro atoms.